The summed E-state index contributed by atoms with van der Waals surface area (Å²) < 4.78 is 0. The quantitative estimate of drug-likeness (QED) is 0.640. The van der Waals surface area contributed by atoms with Gasteiger partial charge in [-0.25, -0.2) is 0 Å². The summed E-state index contributed by atoms with van der Waals surface area (Å²) in [7, 11) is 1.84. The minimum Gasteiger partial charge on any atom is -0.303 e. The largest absolute Gasteiger partial charge is 0.303 e. The zero-order valence-corrected chi connectivity index (χ0v) is 8.29. The van der Waals surface area contributed by atoms with E-state index in [1.165, 1.54) is 0 Å². The highest BCUT2D eigenvalue weighted by atomic mass is 32.2. The Hall–Kier alpha value is -0.200. The molecule has 1 N–H and O–H groups in total. The molecule has 0 spiro atoms. The number of hydrogen-bond donors (Lipinski definition) is 1. The average molecular weight is 172 g/mol. The lowest BCUT2D eigenvalue weighted by Crippen LogP contribution is -2.37. The van der Waals surface area contributed by atoms with Gasteiger partial charge in [-0.1, -0.05) is 0 Å². The van der Waals surface area contributed by atoms with E-state index in [1.54, 1.807) is 0 Å². The number of nitrogens with zero attached hydrogens (tertiary/aromatic N) is 1. The van der Waals surface area contributed by atoms with E-state index in [2.05, 4.69) is 17.6 Å². The Morgan fingerprint density at radius 3 is 2.64 bits per heavy atom. The van der Waals surface area contributed by atoms with Crippen molar-refractivity contribution < 1.29 is 0 Å². The van der Waals surface area contributed by atoms with E-state index in [0.717, 1.165) is 18.6 Å². The van der Waals surface area contributed by atoms with Crippen molar-refractivity contribution in [2.24, 2.45) is 0 Å². The standard InChI is InChI=1S/C8H16N2S/c1-8(7-9,10-2)5-4-6-11-3/h10H,4-6H2,1-3H3. The normalized spacial score (nSPS) is 15.5. The van der Waals surface area contributed by atoms with Gasteiger partial charge < -0.3 is 5.32 Å². The summed E-state index contributed by atoms with van der Waals surface area (Å²) in [5.74, 6) is 1.14. The first kappa shape index (κ1) is 10.8. The third-order valence-electron chi connectivity index (χ3n) is 1.82. The van der Waals surface area contributed by atoms with Gasteiger partial charge in [0.05, 0.1) is 6.07 Å². The van der Waals surface area contributed by atoms with E-state index in [-0.39, 0.29) is 5.54 Å². The predicted molar refractivity (Wildman–Crippen MR) is 50.7 cm³/mol. The van der Waals surface area contributed by atoms with Crippen molar-refractivity contribution in [3.63, 3.8) is 0 Å². The van der Waals surface area contributed by atoms with Crippen molar-refractivity contribution in [1.29, 1.82) is 5.26 Å². The summed E-state index contributed by atoms with van der Waals surface area (Å²) in [6.45, 7) is 1.94. The molecule has 0 saturated carbocycles. The molecule has 0 saturated heterocycles. The molecule has 0 aliphatic heterocycles. The topological polar surface area (TPSA) is 35.8 Å². The lowest BCUT2D eigenvalue weighted by Gasteiger charge is -2.19. The van der Waals surface area contributed by atoms with E-state index >= 15 is 0 Å². The summed E-state index contributed by atoms with van der Waals surface area (Å²) in [5, 5.41) is 11.8. The number of rotatable bonds is 5. The molecule has 1 atom stereocenters. The molecule has 2 nitrogen and oxygen atoms in total. The molecule has 0 aromatic rings. The molecule has 0 fully saturated rings. The van der Waals surface area contributed by atoms with Crippen LogP contribution in [-0.2, 0) is 0 Å². The van der Waals surface area contributed by atoms with Crippen LogP contribution in [0.25, 0.3) is 0 Å². The fourth-order valence-corrected chi connectivity index (χ4v) is 1.24. The molecule has 0 aromatic heterocycles. The van der Waals surface area contributed by atoms with Crippen molar-refractivity contribution in [2.75, 3.05) is 19.1 Å². The summed E-state index contributed by atoms with van der Waals surface area (Å²) in [4.78, 5) is 0. The van der Waals surface area contributed by atoms with Gasteiger partial charge in [0.2, 0.25) is 0 Å². The average Bonchev–Trinajstić information content (AvgIpc) is 2.05. The lowest BCUT2D eigenvalue weighted by molar-refractivity contribution is 0.451. The van der Waals surface area contributed by atoms with Crippen molar-refractivity contribution in [3.05, 3.63) is 0 Å². The van der Waals surface area contributed by atoms with Crippen molar-refractivity contribution in [3.8, 4) is 6.07 Å². The van der Waals surface area contributed by atoms with Crippen LogP contribution in [-0.4, -0.2) is 24.6 Å². The Morgan fingerprint density at radius 1 is 1.64 bits per heavy atom. The summed E-state index contributed by atoms with van der Waals surface area (Å²) in [5.41, 5.74) is -0.324. The maximum atomic E-state index is 8.77. The fourth-order valence-electron chi connectivity index (χ4n) is 0.807. The van der Waals surface area contributed by atoms with Crippen LogP contribution in [0.4, 0.5) is 0 Å². The zero-order valence-electron chi connectivity index (χ0n) is 7.48. The summed E-state index contributed by atoms with van der Waals surface area (Å²) >= 11 is 1.83. The highest BCUT2D eigenvalue weighted by Gasteiger charge is 2.19. The number of hydrogen-bond acceptors (Lipinski definition) is 3. The van der Waals surface area contributed by atoms with Crippen LogP contribution in [0.1, 0.15) is 19.8 Å². The second-order valence-electron chi connectivity index (χ2n) is 2.79. The molecule has 11 heavy (non-hydrogen) atoms. The van der Waals surface area contributed by atoms with Crippen molar-refractivity contribution in [2.45, 2.75) is 25.3 Å². The molecule has 0 heterocycles. The molecule has 0 aliphatic rings. The maximum absolute atomic E-state index is 8.77. The Labute approximate surface area is 73.4 Å². The first-order valence-electron chi connectivity index (χ1n) is 3.77. The molecule has 0 rings (SSSR count). The van der Waals surface area contributed by atoms with E-state index in [9.17, 15) is 0 Å². The van der Waals surface area contributed by atoms with Crippen LogP contribution in [0.2, 0.25) is 0 Å². The molecule has 1 unspecified atom stereocenters. The van der Waals surface area contributed by atoms with Crippen LogP contribution in [0.15, 0.2) is 0 Å². The first-order chi connectivity index (χ1) is 5.18. The molecule has 0 radical (unpaired) electrons. The molecule has 0 amide bonds. The third-order valence-corrected chi connectivity index (χ3v) is 2.52. The van der Waals surface area contributed by atoms with Gasteiger partial charge >= 0.3 is 0 Å². The highest BCUT2D eigenvalue weighted by Crippen LogP contribution is 2.11. The third kappa shape index (κ3) is 4.28. The van der Waals surface area contributed by atoms with E-state index < -0.39 is 0 Å². The van der Waals surface area contributed by atoms with Crippen LogP contribution >= 0.6 is 11.8 Å². The number of nitriles is 1. The van der Waals surface area contributed by atoms with Crippen LogP contribution in [0, 0.1) is 11.3 Å². The molecular formula is C8H16N2S. The number of nitrogens with one attached hydrogen (secondary N) is 1. The first-order valence-corrected chi connectivity index (χ1v) is 5.17. The smallest absolute Gasteiger partial charge is 0.103 e. The van der Waals surface area contributed by atoms with Gasteiger partial charge in [-0.3, -0.25) is 0 Å². The van der Waals surface area contributed by atoms with Gasteiger partial charge in [0.1, 0.15) is 5.54 Å². The van der Waals surface area contributed by atoms with E-state index in [4.69, 9.17) is 5.26 Å². The molecule has 64 valence electrons. The SMILES string of the molecule is CNC(C)(C#N)CCCSC. The van der Waals surface area contributed by atoms with Crippen LogP contribution in [0.5, 0.6) is 0 Å². The van der Waals surface area contributed by atoms with Crippen LogP contribution < -0.4 is 5.32 Å². The van der Waals surface area contributed by atoms with Gasteiger partial charge in [-0.05, 0) is 38.8 Å². The Bertz CT molecular complexity index is 142. The highest BCUT2D eigenvalue weighted by molar-refractivity contribution is 7.98. The van der Waals surface area contributed by atoms with E-state index in [0.29, 0.717) is 0 Å². The Balaban J connectivity index is 3.63. The minimum atomic E-state index is -0.324. The summed E-state index contributed by atoms with van der Waals surface area (Å²) in [6.07, 6.45) is 4.12. The molecule has 3 heteroatoms. The molecular weight excluding hydrogens is 156 g/mol. The Morgan fingerprint density at radius 2 is 2.27 bits per heavy atom. The summed E-state index contributed by atoms with van der Waals surface area (Å²) in [6, 6.07) is 2.27. The van der Waals surface area contributed by atoms with Gasteiger partial charge in [-0.2, -0.15) is 17.0 Å². The molecule has 0 aromatic carbocycles. The number of thioether (sulfide) groups is 1. The monoisotopic (exact) mass is 172 g/mol. The van der Waals surface area contributed by atoms with Gasteiger partial charge in [0.15, 0.2) is 0 Å². The molecule has 0 bridgehead atoms. The Kier molecular flexibility index (Phi) is 5.35. The van der Waals surface area contributed by atoms with Crippen molar-refractivity contribution >= 4 is 11.8 Å². The van der Waals surface area contributed by atoms with Gasteiger partial charge in [0.25, 0.3) is 0 Å². The lowest BCUT2D eigenvalue weighted by atomic mass is 9.99. The maximum Gasteiger partial charge on any atom is 0.103 e. The molecule has 0 aliphatic carbocycles. The van der Waals surface area contributed by atoms with E-state index in [1.807, 2.05) is 25.7 Å². The fraction of sp³-hybridized carbons (Fsp3) is 0.875. The van der Waals surface area contributed by atoms with Gasteiger partial charge in [-0.15, -0.1) is 0 Å². The second-order valence-corrected chi connectivity index (χ2v) is 3.78. The van der Waals surface area contributed by atoms with Gasteiger partial charge in [0, 0.05) is 0 Å². The minimum absolute atomic E-state index is 0.324. The second kappa shape index (κ2) is 5.45. The van der Waals surface area contributed by atoms with Crippen LogP contribution in [0.3, 0.4) is 0 Å². The van der Waals surface area contributed by atoms with Crippen molar-refractivity contribution in [1.82, 2.24) is 5.32 Å². The predicted octanol–water partition coefficient (Wildman–Crippen LogP) is 1.63. The zero-order chi connectivity index (χ0) is 8.74.